The molecule has 0 bridgehead atoms. The van der Waals surface area contributed by atoms with Crippen LogP contribution in [0.2, 0.25) is 10.0 Å². The minimum atomic E-state index is -4.29. The Morgan fingerprint density at radius 2 is 1.63 bits per heavy atom. The van der Waals surface area contributed by atoms with E-state index in [1.54, 1.807) is 49.4 Å². The lowest BCUT2D eigenvalue weighted by Crippen LogP contribution is -2.51. The molecule has 3 rings (SSSR count). The predicted molar refractivity (Wildman–Crippen MR) is 160 cm³/mol. The molecule has 3 aromatic rings. The Morgan fingerprint density at radius 3 is 2.20 bits per heavy atom. The third-order valence-electron chi connectivity index (χ3n) is 6.51. The number of ether oxygens (including phenoxy) is 2. The Hall–Kier alpha value is -3.47. The van der Waals surface area contributed by atoms with E-state index in [4.69, 9.17) is 32.7 Å². The maximum Gasteiger partial charge on any atom is 0.264 e. The highest BCUT2D eigenvalue weighted by Crippen LogP contribution is 2.36. The summed E-state index contributed by atoms with van der Waals surface area (Å²) in [5.74, 6) is -0.439. The van der Waals surface area contributed by atoms with Gasteiger partial charge < -0.3 is 19.7 Å². The first-order chi connectivity index (χ1) is 19.5. The van der Waals surface area contributed by atoms with Crippen LogP contribution in [0.1, 0.15) is 24.5 Å². The van der Waals surface area contributed by atoms with Crippen molar-refractivity contribution in [1.82, 2.24) is 10.2 Å². The first-order valence-electron chi connectivity index (χ1n) is 12.7. The van der Waals surface area contributed by atoms with Gasteiger partial charge in [0, 0.05) is 19.7 Å². The van der Waals surface area contributed by atoms with E-state index in [9.17, 15) is 18.0 Å². The van der Waals surface area contributed by atoms with Gasteiger partial charge in [0.25, 0.3) is 10.0 Å². The molecule has 41 heavy (non-hydrogen) atoms. The van der Waals surface area contributed by atoms with E-state index >= 15 is 0 Å². The summed E-state index contributed by atoms with van der Waals surface area (Å²) in [7, 11) is 0.0350. The van der Waals surface area contributed by atoms with Crippen molar-refractivity contribution in [1.29, 1.82) is 0 Å². The molecule has 1 N–H and O–H groups in total. The normalized spacial score (nSPS) is 11.9. The van der Waals surface area contributed by atoms with Gasteiger partial charge in [-0.2, -0.15) is 0 Å². The fourth-order valence-corrected chi connectivity index (χ4v) is 6.00. The van der Waals surface area contributed by atoms with E-state index in [0.717, 1.165) is 9.87 Å². The lowest BCUT2D eigenvalue weighted by Gasteiger charge is -2.33. The Kier molecular flexibility index (Phi) is 10.9. The highest BCUT2D eigenvalue weighted by Gasteiger charge is 2.34. The minimum absolute atomic E-state index is 0.0184. The number of hydrogen-bond acceptors (Lipinski definition) is 6. The van der Waals surface area contributed by atoms with E-state index in [1.807, 2.05) is 6.92 Å². The summed E-state index contributed by atoms with van der Waals surface area (Å²) in [6.07, 6.45) is 0.278. The predicted octanol–water partition coefficient (Wildman–Crippen LogP) is 5.07. The Morgan fingerprint density at radius 1 is 0.951 bits per heavy atom. The molecule has 3 aromatic carbocycles. The Bertz CT molecular complexity index is 1500. The van der Waals surface area contributed by atoms with Crippen LogP contribution < -0.4 is 19.1 Å². The molecule has 0 fully saturated rings. The average Bonchev–Trinajstić information content (AvgIpc) is 2.97. The molecule has 0 aliphatic rings. The van der Waals surface area contributed by atoms with Crippen LogP contribution in [-0.4, -0.2) is 59.0 Å². The third-order valence-corrected chi connectivity index (χ3v) is 9.02. The molecule has 1 atom stereocenters. The molecule has 9 nitrogen and oxygen atoms in total. The number of likely N-dealkylation sites (N-methyl/N-ethyl adjacent to an activating group) is 1. The number of rotatable bonds is 12. The molecule has 2 amide bonds. The number of benzene rings is 3. The summed E-state index contributed by atoms with van der Waals surface area (Å²) in [5.41, 5.74) is 1.58. The number of nitrogens with zero attached hydrogens (tertiary/aromatic N) is 2. The number of carbonyl (C=O) groups is 2. The van der Waals surface area contributed by atoms with Crippen LogP contribution in [0.3, 0.4) is 0 Å². The fraction of sp³-hybridized carbons (Fsp3) is 0.310. The second-order valence-electron chi connectivity index (χ2n) is 9.17. The van der Waals surface area contributed by atoms with Crippen LogP contribution in [0.5, 0.6) is 11.5 Å². The quantitative estimate of drug-likeness (QED) is 0.303. The van der Waals surface area contributed by atoms with Gasteiger partial charge >= 0.3 is 0 Å². The van der Waals surface area contributed by atoms with Crippen molar-refractivity contribution < 1.29 is 27.5 Å². The lowest BCUT2D eigenvalue weighted by atomic mass is 10.1. The van der Waals surface area contributed by atoms with Crippen LogP contribution in [-0.2, 0) is 26.2 Å². The molecule has 0 aliphatic carbocycles. The van der Waals surface area contributed by atoms with Crippen LogP contribution in [0.25, 0.3) is 0 Å². The number of hydrogen-bond donors (Lipinski definition) is 1. The number of halogens is 2. The van der Waals surface area contributed by atoms with E-state index in [1.165, 1.54) is 44.4 Å². The Balaban J connectivity index is 2.16. The number of methoxy groups -OCH3 is 2. The van der Waals surface area contributed by atoms with Gasteiger partial charge in [-0.25, -0.2) is 8.42 Å². The monoisotopic (exact) mass is 621 g/mol. The van der Waals surface area contributed by atoms with Crippen molar-refractivity contribution in [3.05, 3.63) is 81.8 Å². The van der Waals surface area contributed by atoms with Gasteiger partial charge in [0.1, 0.15) is 24.1 Å². The summed E-state index contributed by atoms with van der Waals surface area (Å²) in [6, 6.07) is 15.0. The molecule has 0 heterocycles. The first-order valence-corrected chi connectivity index (χ1v) is 14.9. The van der Waals surface area contributed by atoms with Gasteiger partial charge in [-0.3, -0.25) is 13.9 Å². The minimum Gasteiger partial charge on any atom is -0.497 e. The SMILES string of the molecule is CC[C@H](C(=O)NC)N(Cc1ccc(Cl)c(Cl)c1)C(=O)CN(c1cc(OC)ccc1OC)S(=O)(=O)c1ccc(C)cc1. The topological polar surface area (TPSA) is 105 Å². The Labute approximate surface area is 251 Å². The number of aryl methyl sites for hydroxylation is 1. The number of sulfonamides is 1. The van der Waals surface area contributed by atoms with Crippen molar-refractivity contribution in [3.63, 3.8) is 0 Å². The van der Waals surface area contributed by atoms with Crippen LogP contribution >= 0.6 is 23.2 Å². The van der Waals surface area contributed by atoms with Crippen molar-refractivity contribution in [2.75, 3.05) is 32.1 Å². The van der Waals surface area contributed by atoms with Gasteiger partial charge in [0.05, 0.1) is 34.8 Å². The summed E-state index contributed by atoms with van der Waals surface area (Å²) in [5, 5.41) is 3.22. The zero-order valence-corrected chi connectivity index (χ0v) is 25.8. The van der Waals surface area contributed by atoms with Crippen LogP contribution in [0.15, 0.2) is 65.6 Å². The van der Waals surface area contributed by atoms with E-state index in [2.05, 4.69) is 5.32 Å². The summed E-state index contributed by atoms with van der Waals surface area (Å²) in [6.45, 7) is 2.96. The van der Waals surface area contributed by atoms with E-state index < -0.39 is 34.4 Å². The third kappa shape index (κ3) is 7.44. The van der Waals surface area contributed by atoms with Crippen molar-refractivity contribution in [3.8, 4) is 11.5 Å². The van der Waals surface area contributed by atoms with Gasteiger partial charge in [0.15, 0.2) is 0 Å². The first kappa shape index (κ1) is 32.0. The number of amides is 2. The molecule has 220 valence electrons. The number of anilines is 1. The van der Waals surface area contributed by atoms with E-state index in [0.29, 0.717) is 16.3 Å². The van der Waals surface area contributed by atoms with Gasteiger partial charge in [0.2, 0.25) is 11.8 Å². The lowest BCUT2D eigenvalue weighted by molar-refractivity contribution is -0.140. The smallest absolute Gasteiger partial charge is 0.264 e. The summed E-state index contributed by atoms with van der Waals surface area (Å²) < 4.78 is 40.0. The fourth-order valence-electron chi connectivity index (χ4n) is 4.26. The van der Waals surface area contributed by atoms with Crippen molar-refractivity contribution in [2.24, 2.45) is 0 Å². The average molecular weight is 623 g/mol. The molecular formula is C29H33Cl2N3O6S. The number of carbonyl (C=O) groups excluding carboxylic acids is 2. The largest absolute Gasteiger partial charge is 0.497 e. The van der Waals surface area contributed by atoms with Gasteiger partial charge in [-0.1, -0.05) is 53.9 Å². The van der Waals surface area contributed by atoms with Crippen molar-refractivity contribution >= 4 is 50.7 Å². The maximum absolute atomic E-state index is 14.1. The molecular weight excluding hydrogens is 589 g/mol. The standard InChI is InChI=1S/C29H33Cl2N3O6S/c1-6-25(29(36)32-3)33(17-20-9-13-23(30)24(31)15-20)28(35)18-34(26-16-21(39-4)10-14-27(26)40-5)41(37,38)22-11-7-19(2)8-12-22/h7-16,25H,6,17-18H2,1-5H3,(H,32,36)/t25-/m1/s1. The second-order valence-corrected chi connectivity index (χ2v) is 11.8. The molecule has 12 heteroatoms. The molecule has 0 saturated carbocycles. The molecule has 0 saturated heterocycles. The van der Waals surface area contributed by atoms with Crippen LogP contribution in [0, 0.1) is 6.92 Å². The zero-order valence-electron chi connectivity index (χ0n) is 23.5. The zero-order chi connectivity index (χ0) is 30.3. The highest BCUT2D eigenvalue weighted by atomic mass is 35.5. The maximum atomic E-state index is 14.1. The molecule has 0 unspecified atom stereocenters. The number of nitrogens with one attached hydrogen (secondary N) is 1. The summed E-state index contributed by atoms with van der Waals surface area (Å²) >= 11 is 12.3. The molecule has 0 aliphatic heterocycles. The molecule has 0 spiro atoms. The summed E-state index contributed by atoms with van der Waals surface area (Å²) in [4.78, 5) is 28.3. The van der Waals surface area contributed by atoms with Crippen molar-refractivity contribution in [2.45, 2.75) is 37.8 Å². The van der Waals surface area contributed by atoms with E-state index in [-0.39, 0.29) is 34.3 Å². The second kappa shape index (κ2) is 13.9. The van der Waals surface area contributed by atoms with Gasteiger partial charge in [-0.05, 0) is 55.3 Å². The highest BCUT2D eigenvalue weighted by molar-refractivity contribution is 7.92. The van der Waals surface area contributed by atoms with Gasteiger partial charge in [-0.15, -0.1) is 0 Å². The molecule has 0 radical (unpaired) electrons. The molecule has 0 aromatic heterocycles. The van der Waals surface area contributed by atoms with Crippen LogP contribution in [0.4, 0.5) is 5.69 Å².